The lowest BCUT2D eigenvalue weighted by atomic mass is 10.2. The van der Waals surface area contributed by atoms with Gasteiger partial charge in [0.2, 0.25) is 0 Å². The van der Waals surface area contributed by atoms with Crippen LogP contribution in [-0.4, -0.2) is 53.2 Å². The Labute approximate surface area is 140 Å². The summed E-state index contributed by atoms with van der Waals surface area (Å²) in [5.41, 5.74) is 2.28. The molecule has 0 saturated carbocycles. The van der Waals surface area contributed by atoms with Gasteiger partial charge in [0, 0.05) is 26.2 Å². The van der Waals surface area contributed by atoms with Crippen LogP contribution in [0.2, 0.25) is 0 Å². The molecule has 0 unspecified atom stereocenters. The molecule has 2 heterocycles. The third-order valence-electron chi connectivity index (χ3n) is 3.96. The quantitative estimate of drug-likeness (QED) is 0.675. The molecule has 1 saturated heterocycles. The normalized spacial score (nSPS) is 16.8. The van der Waals surface area contributed by atoms with Gasteiger partial charge in [-0.05, 0) is 32.2 Å². The molecule has 1 aliphatic heterocycles. The summed E-state index contributed by atoms with van der Waals surface area (Å²) in [6.45, 7) is 5.33. The highest BCUT2D eigenvalue weighted by Gasteiger charge is 2.19. The second-order valence-electron chi connectivity index (χ2n) is 5.83. The van der Waals surface area contributed by atoms with Gasteiger partial charge in [-0.2, -0.15) is 0 Å². The first-order valence-corrected chi connectivity index (χ1v) is 8.07. The van der Waals surface area contributed by atoms with E-state index < -0.39 is 0 Å². The van der Waals surface area contributed by atoms with Gasteiger partial charge in [0.1, 0.15) is 10.5 Å². The molecule has 5 nitrogen and oxygen atoms in total. The highest BCUT2D eigenvalue weighted by molar-refractivity contribution is 7.71. The van der Waals surface area contributed by atoms with Gasteiger partial charge in [-0.25, -0.2) is 9.97 Å². The predicted molar refractivity (Wildman–Crippen MR) is 96.4 cm³/mol. The van der Waals surface area contributed by atoms with Crippen LogP contribution in [0.5, 0.6) is 0 Å². The minimum absolute atomic E-state index is 0.199. The molecule has 2 aromatic rings. The van der Waals surface area contributed by atoms with Gasteiger partial charge >= 0.3 is 0 Å². The number of piperazine rings is 1. The summed E-state index contributed by atoms with van der Waals surface area (Å²) in [5, 5.41) is 9.75. The monoisotopic (exact) mass is 328 g/mol. The summed E-state index contributed by atoms with van der Waals surface area (Å²) in [4.78, 5) is 13.9. The minimum atomic E-state index is 0.199. The van der Waals surface area contributed by atoms with Gasteiger partial charge < -0.3 is 14.9 Å². The van der Waals surface area contributed by atoms with Crippen molar-refractivity contribution in [1.82, 2.24) is 14.9 Å². The van der Waals surface area contributed by atoms with Crippen LogP contribution < -0.4 is 4.90 Å². The summed E-state index contributed by atoms with van der Waals surface area (Å²) < 4.78 is 0.459. The molecular weight excluding hydrogens is 308 g/mol. The van der Waals surface area contributed by atoms with Crippen molar-refractivity contribution in [2.45, 2.75) is 6.92 Å². The molecule has 6 heteroatoms. The van der Waals surface area contributed by atoms with Crippen molar-refractivity contribution in [3.05, 3.63) is 40.2 Å². The number of fused-ring (bicyclic) bond motifs is 1. The van der Waals surface area contributed by atoms with Crippen molar-refractivity contribution in [2.75, 3.05) is 38.1 Å². The van der Waals surface area contributed by atoms with Crippen molar-refractivity contribution in [2.24, 2.45) is 0 Å². The second-order valence-corrected chi connectivity index (χ2v) is 6.22. The first-order chi connectivity index (χ1) is 11.0. The van der Waals surface area contributed by atoms with Gasteiger partial charge in [-0.15, -0.1) is 0 Å². The van der Waals surface area contributed by atoms with Crippen LogP contribution in [0.4, 0.5) is 5.82 Å². The lowest BCUT2D eigenvalue weighted by Gasteiger charge is -2.33. The number of hydrogen-bond acceptors (Lipinski definition) is 6. The smallest absolute Gasteiger partial charge is 0.139 e. The third kappa shape index (κ3) is 3.48. The zero-order valence-corrected chi connectivity index (χ0v) is 14.2. The summed E-state index contributed by atoms with van der Waals surface area (Å²) in [5.74, 6) is 0.996. The largest absolute Gasteiger partial charge is 0.513 e. The lowest BCUT2D eigenvalue weighted by Crippen LogP contribution is -2.45. The van der Waals surface area contributed by atoms with Crippen molar-refractivity contribution in [3.63, 3.8) is 0 Å². The third-order valence-corrected chi connectivity index (χ3v) is 4.27. The van der Waals surface area contributed by atoms with Crippen molar-refractivity contribution >= 4 is 35.1 Å². The Bertz CT molecular complexity index is 809. The lowest BCUT2D eigenvalue weighted by molar-refractivity contribution is 0.312. The number of anilines is 1. The summed E-state index contributed by atoms with van der Waals surface area (Å²) in [6.07, 6.45) is 1.66. The molecule has 1 fully saturated rings. The summed E-state index contributed by atoms with van der Waals surface area (Å²) in [6, 6.07) is 7.72. The molecule has 1 aliphatic rings. The Morgan fingerprint density at radius 2 is 1.74 bits per heavy atom. The molecule has 1 aromatic heterocycles. The zero-order chi connectivity index (χ0) is 16.4. The molecule has 0 amide bonds. The van der Waals surface area contributed by atoms with Crippen LogP contribution in [0.25, 0.3) is 17.1 Å². The van der Waals surface area contributed by atoms with E-state index in [1.54, 1.807) is 13.0 Å². The van der Waals surface area contributed by atoms with Crippen LogP contribution in [0, 0.1) is 4.64 Å². The van der Waals surface area contributed by atoms with Crippen molar-refractivity contribution in [3.8, 4) is 0 Å². The molecule has 23 heavy (non-hydrogen) atoms. The van der Waals surface area contributed by atoms with Gasteiger partial charge in [0.05, 0.1) is 22.4 Å². The summed E-state index contributed by atoms with van der Waals surface area (Å²) >= 11 is 5.50. The number of likely N-dealkylation sites (N-methyl/N-ethyl adjacent to an activating group) is 1. The maximum atomic E-state index is 9.75. The van der Waals surface area contributed by atoms with Crippen LogP contribution in [0.15, 0.2) is 30.0 Å². The number of aliphatic hydroxyl groups is 1. The SMILES string of the molecule is C/C(O)=C/c1c(N2CCN(C)CC2)nc2ccccc2nc1=S. The van der Waals surface area contributed by atoms with E-state index in [2.05, 4.69) is 21.8 Å². The number of hydrogen-bond donors (Lipinski definition) is 1. The van der Waals surface area contributed by atoms with Gasteiger partial charge in [0.15, 0.2) is 0 Å². The maximum absolute atomic E-state index is 9.75. The maximum Gasteiger partial charge on any atom is 0.139 e. The van der Waals surface area contributed by atoms with Crippen LogP contribution in [-0.2, 0) is 0 Å². The highest BCUT2D eigenvalue weighted by Crippen LogP contribution is 2.24. The molecular formula is C17H20N4OS. The first kappa shape index (κ1) is 15.8. The average molecular weight is 328 g/mol. The Morgan fingerprint density at radius 1 is 1.13 bits per heavy atom. The van der Waals surface area contributed by atoms with Crippen molar-refractivity contribution < 1.29 is 5.11 Å². The Balaban J connectivity index is 2.24. The Morgan fingerprint density at radius 3 is 2.35 bits per heavy atom. The van der Waals surface area contributed by atoms with Crippen LogP contribution in [0.1, 0.15) is 12.5 Å². The van der Waals surface area contributed by atoms with E-state index in [1.165, 1.54) is 0 Å². The topological polar surface area (TPSA) is 52.5 Å². The van der Waals surface area contributed by atoms with E-state index in [4.69, 9.17) is 17.2 Å². The zero-order valence-electron chi connectivity index (χ0n) is 13.4. The average Bonchev–Trinajstić information content (AvgIpc) is 2.65. The van der Waals surface area contributed by atoms with E-state index in [1.807, 2.05) is 24.3 Å². The number of para-hydroxylation sites is 2. The first-order valence-electron chi connectivity index (χ1n) is 7.66. The fraction of sp³-hybridized carbons (Fsp3) is 0.353. The molecule has 0 bridgehead atoms. The Kier molecular flexibility index (Phi) is 4.54. The van der Waals surface area contributed by atoms with Gasteiger partial charge in [0.25, 0.3) is 0 Å². The van der Waals surface area contributed by atoms with E-state index in [0.717, 1.165) is 43.0 Å². The Hall–Kier alpha value is -2.05. The molecule has 0 aliphatic carbocycles. The number of aliphatic hydroxyl groups excluding tert-OH is 1. The number of allylic oxidation sites excluding steroid dienone is 1. The number of aromatic nitrogens is 2. The van der Waals surface area contributed by atoms with E-state index >= 15 is 0 Å². The summed E-state index contributed by atoms with van der Waals surface area (Å²) in [7, 11) is 2.11. The highest BCUT2D eigenvalue weighted by atomic mass is 32.1. The molecule has 1 N–H and O–H groups in total. The standard InChI is InChI=1S/C17H20N4OS/c1-12(22)11-13-16(21-9-7-20(2)8-10-21)18-14-5-3-4-6-15(14)19-17(13)23/h3-6,11,22H,7-10H2,1-2H3/b12-11-. The number of benzene rings is 1. The van der Waals surface area contributed by atoms with Gasteiger partial charge in [-0.1, -0.05) is 24.4 Å². The number of nitrogens with zero attached hydrogens (tertiary/aromatic N) is 4. The fourth-order valence-corrected chi connectivity index (χ4v) is 2.94. The van der Waals surface area contributed by atoms with Crippen LogP contribution in [0.3, 0.4) is 0 Å². The van der Waals surface area contributed by atoms with Crippen LogP contribution >= 0.6 is 12.2 Å². The van der Waals surface area contributed by atoms with E-state index in [0.29, 0.717) is 10.2 Å². The minimum Gasteiger partial charge on any atom is -0.513 e. The second kappa shape index (κ2) is 6.60. The molecule has 120 valence electrons. The molecule has 0 spiro atoms. The van der Waals surface area contributed by atoms with Gasteiger partial charge in [-0.3, -0.25) is 0 Å². The molecule has 0 atom stereocenters. The molecule has 0 radical (unpaired) electrons. The van der Waals surface area contributed by atoms with Crippen molar-refractivity contribution in [1.29, 1.82) is 0 Å². The molecule has 1 aromatic carbocycles. The predicted octanol–water partition coefficient (Wildman–Crippen LogP) is 3.03. The number of rotatable bonds is 2. The van der Waals surface area contributed by atoms with E-state index in [9.17, 15) is 5.11 Å². The molecule has 3 rings (SSSR count). The fourth-order valence-electron chi connectivity index (χ4n) is 2.69. The van der Waals surface area contributed by atoms with E-state index in [-0.39, 0.29) is 5.76 Å².